The van der Waals surface area contributed by atoms with Crippen LogP contribution in [0.1, 0.15) is 11.1 Å². The lowest BCUT2D eigenvalue weighted by Gasteiger charge is -2.16. The molecule has 1 aromatic heterocycles. The van der Waals surface area contributed by atoms with Crippen LogP contribution >= 0.6 is 12.2 Å². The van der Waals surface area contributed by atoms with Crippen LogP contribution in [0.15, 0.2) is 46.9 Å². The molecule has 0 bridgehead atoms. The Bertz CT molecular complexity index is 967. The van der Waals surface area contributed by atoms with E-state index in [0.29, 0.717) is 23.9 Å². The second-order valence-electron chi connectivity index (χ2n) is 6.11. The monoisotopic (exact) mass is 373 g/mol. The summed E-state index contributed by atoms with van der Waals surface area (Å²) in [5.74, 6) is 0.355. The summed E-state index contributed by atoms with van der Waals surface area (Å²) in [6, 6.07) is 12.8. The summed E-state index contributed by atoms with van der Waals surface area (Å²) < 4.78 is 26.0. The highest BCUT2D eigenvalue weighted by Gasteiger charge is 2.12. The number of halogens is 1. The van der Waals surface area contributed by atoms with Gasteiger partial charge < -0.3 is 9.15 Å². The fourth-order valence-corrected chi connectivity index (χ4v) is 2.89. The summed E-state index contributed by atoms with van der Waals surface area (Å²) in [4.78, 5) is 2.28. The van der Waals surface area contributed by atoms with E-state index >= 15 is 0 Å². The minimum Gasteiger partial charge on any atom is -0.494 e. The van der Waals surface area contributed by atoms with Crippen LogP contribution in [0.4, 0.5) is 4.39 Å². The van der Waals surface area contributed by atoms with Crippen LogP contribution < -0.4 is 4.74 Å². The summed E-state index contributed by atoms with van der Waals surface area (Å²) in [6.45, 7) is 2.97. The molecule has 7 heteroatoms. The first-order chi connectivity index (χ1) is 12.5. The first kappa shape index (κ1) is 18.3. The number of hydrogen-bond acceptors (Lipinski definition) is 5. The van der Waals surface area contributed by atoms with Gasteiger partial charge in [-0.05, 0) is 55.5 Å². The van der Waals surface area contributed by atoms with E-state index in [-0.39, 0.29) is 11.6 Å². The van der Waals surface area contributed by atoms with Crippen LogP contribution in [-0.2, 0) is 13.2 Å². The van der Waals surface area contributed by atoms with Crippen molar-refractivity contribution in [2.75, 3.05) is 14.2 Å². The minimum atomic E-state index is -0.377. The molecule has 0 aliphatic rings. The second-order valence-corrected chi connectivity index (χ2v) is 6.46. The zero-order valence-corrected chi connectivity index (χ0v) is 15.7. The number of hydrogen-bond donors (Lipinski definition) is 0. The highest BCUT2D eigenvalue weighted by Crippen LogP contribution is 2.22. The molecule has 0 amide bonds. The first-order valence-corrected chi connectivity index (χ1v) is 8.53. The minimum absolute atomic E-state index is 0.234. The number of methoxy groups -OCH3 is 1. The van der Waals surface area contributed by atoms with Gasteiger partial charge >= 0.3 is 0 Å². The number of aromatic nitrogens is 2. The third-order valence-corrected chi connectivity index (χ3v) is 4.32. The summed E-state index contributed by atoms with van der Waals surface area (Å²) in [5.41, 5.74) is 2.81. The molecule has 26 heavy (non-hydrogen) atoms. The van der Waals surface area contributed by atoms with Crippen LogP contribution in [0.5, 0.6) is 5.75 Å². The quantitative estimate of drug-likeness (QED) is 0.599. The molecule has 0 saturated heterocycles. The zero-order valence-electron chi connectivity index (χ0n) is 14.9. The van der Waals surface area contributed by atoms with Crippen molar-refractivity contribution in [3.63, 3.8) is 0 Å². The summed E-state index contributed by atoms with van der Waals surface area (Å²) >= 11 is 5.28. The van der Waals surface area contributed by atoms with Gasteiger partial charge in [-0.3, -0.25) is 4.90 Å². The SMILES string of the molecule is COc1ccc(CN(C)Cn2nc(-c3ccccc3C)oc2=S)cc1F. The standard InChI is InChI=1S/C19H20FN3O2S/c1-13-6-4-5-7-15(13)18-21-23(19(26)25-18)12-22(2)11-14-8-9-17(24-3)16(20)10-14/h4-10H,11-12H2,1-3H3. The van der Waals surface area contributed by atoms with Gasteiger partial charge in [-0.2, -0.15) is 0 Å². The van der Waals surface area contributed by atoms with E-state index in [9.17, 15) is 4.39 Å². The van der Waals surface area contributed by atoms with Crippen molar-refractivity contribution in [2.45, 2.75) is 20.1 Å². The van der Waals surface area contributed by atoms with Crippen LogP contribution in [0, 0.1) is 17.6 Å². The smallest absolute Gasteiger partial charge is 0.288 e. The normalized spacial score (nSPS) is 11.1. The Kier molecular flexibility index (Phi) is 5.49. The molecular formula is C19H20FN3O2S. The predicted molar refractivity (Wildman–Crippen MR) is 99.9 cm³/mol. The molecule has 0 aliphatic carbocycles. The molecule has 2 aromatic carbocycles. The number of benzene rings is 2. The lowest BCUT2D eigenvalue weighted by atomic mass is 10.1. The van der Waals surface area contributed by atoms with E-state index in [1.165, 1.54) is 13.2 Å². The summed E-state index contributed by atoms with van der Waals surface area (Å²) in [6.07, 6.45) is 0. The fourth-order valence-electron chi connectivity index (χ4n) is 2.72. The van der Waals surface area contributed by atoms with Gasteiger partial charge in [0.1, 0.15) is 0 Å². The van der Waals surface area contributed by atoms with E-state index < -0.39 is 0 Å². The molecular weight excluding hydrogens is 353 g/mol. The van der Waals surface area contributed by atoms with Crippen molar-refractivity contribution in [3.8, 4) is 17.2 Å². The molecule has 136 valence electrons. The third-order valence-electron chi connectivity index (χ3n) is 4.03. The molecule has 0 fully saturated rings. The van der Waals surface area contributed by atoms with Gasteiger partial charge in [0.2, 0.25) is 5.89 Å². The number of aryl methyl sites for hydroxylation is 1. The molecule has 3 rings (SSSR count). The molecule has 0 saturated carbocycles. The second kappa shape index (κ2) is 7.80. The molecule has 0 atom stereocenters. The Morgan fingerprint density at radius 1 is 1.27 bits per heavy atom. The van der Waals surface area contributed by atoms with Crippen molar-refractivity contribution >= 4 is 12.2 Å². The summed E-state index contributed by atoms with van der Waals surface area (Å²) in [7, 11) is 3.36. The van der Waals surface area contributed by atoms with Gasteiger partial charge in [-0.25, -0.2) is 9.07 Å². The first-order valence-electron chi connectivity index (χ1n) is 8.13. The van der Waals surface area contributed by atoms with Gasteiger partial charge in [-0.1, -0.05) is 24.3 Å². The maximum absolute atomic E-state index is 13.8. The third kappa shape index (κ3) is 4.00. The largest absolute Gasteiger partial charge is 0.494 e. The molecule has 1 heterocycles. The van der Waals surface area contributed by atoms with Gasteiger partial charge in [0.15, 0.2) is 11.6 Å². The van der Waals surface area contributed by atoms with E-state index in [4.69, 9.17) is 21.4 Å². The van der Waals surface area contributed by atoms with Gasteiger partial charge in [0, 0.05) is 12.1 Å². The van der Waals surface area contributed by atoms with Gasteiger partial charge in [0.05, 0.1) is 13.8 Å². The fraction of sp³-hybridized carbons (Fsp3) is 0.263. The maximum atomic E-state index is 13.8. The van der Waals surface area contributed by atoms with Gasteiger partial charge in [0.25, 0.3) is 4.84 Å². The average Bonchev–Trinajstić information content (AvgIpc) is 2.95. The Labute approximate surface area is 156 Å². The van der Waals surface area contributed by atoms with Crippen LogP contribution in [0.2, 0.25) is 0 Å². The van der Waals surface area contributed by atoms with Crippen molar-refractivity contribution in [1.82, 2.24) is 14.7 Å². The van der Waals surface area contributed by atoms with Crippen molar-refractivity contribution in [3.05, 3.63) is 64.2 Å². The lowest BCUT2D eigenvalue weighted by molar-refractivity contribution is 0.240. The Balaban J connectivity index is 1.74. The number of ether oxygens (including phenoxy) is 1. The number of rotatable bonds is 6. The molecule has 0 unspecified atom stereocenters. The van der Waals surface area contributed by atoms with E-state index in [2.05, 4.69) is 5.10 Å². The van der Waals surface area contributed by atoms with E-state index in [1.807, 2.05) is 49.2 Å². The molecule has 3 aromatic rings. The molecule has 0 aliphatic heterocycles. The Morgan fingerprint density at radius 2 is 2.04 bits per heavy atom. The summed E-state index contributed by atoms with van der Waals surface area (Å²) in [5, 5.41) is 4.48. The Hall–Kier alpha value is -2.51. The molecule has 0 spiro atoms. The zero-order chi connectivity index (χ0) is 18.7. The average molecular weight is 373 g/mol. The molecule has 0 radical (unpaired) electrons. The molecule has 5 nitrogen and oxygen atoms in total. The highest BCUT2D eigenvalue weighted by molar-refractivity contribution is 7.71. The molecule has 0 N–H and O–H groups in total. The number of nitrogens with zero attached hydrogens (tertiary/aromatic N) is 3. The Morgan fingerprint density at radius 3 is 2.73 bits per heavy atom. The van der Waals surface area contributed by atoms with E-state index in [1.54, 1.807) is 10.7 Å². The van der Waals surface area contributed by atoms with Crippen LogP contribution in [-0.4, -0.2) is 28.8 Å². The van der Waals surface area contributed by atoms with E-state index in [0.717, 1.165) is 16.7 Å². The van der Waals surface area contributed by atoms with Crippen molar-refractivity contribution in [2.24, 2.45) is 0 Å². The van der Waals surface area contributed by atoms with Crippen molar-refractivity contribution < 1.29 is 13.5 Å². The predicted octanol–water partition coefficient (Wildman–Crippen LogP) is 4.42. The van der Waals surface area contributed by atoms with Crippen molar-refractivity contribution in [1.29, 1.82) is 0 Å². The highest BCUT2D eigenvalue weighted by atomic mass is 32.1. The van der Waals surface area contributed by atoms with Crippen LogP contribution in [0.25, 0.3) is 11.5 Å². The van der Waals surface area contributed by atoms with Gasteiger partial charge in [-0.15, -0.1) is 5.10 Å². The lowest BCUT2D eigenvalue weighted by Crippen LogP contribution is -2.22. The topological polar surface area (TPSA) is 43.4 Å². The van der Waals surface area contributed by atoms with Crippen LogP contribution in [0.3, 0.4) is 0 Å². The maximum Gasteiger partial charge on any atom is 0.288 e.